The number of hydrogen-bond donors (Lipinski definition) is 0. The van der Waals surface area contributed by atoms with Crippen molar-refractivity contribution in [3.05, 3.63) is 28.8 Å². The first-order chi connectivity index (χ1) is 8.40. The smallest absolute Gasteiger partial charge is 0.359 e. The van der Waals surface area contributed by atoms with Gasteiger partial charge in [-0.25, -0.2) is 0 Å². The van der Waals surface area contributed by atoms with Crippen molar-refractivity contribution in [1.82, 2.24) is 0 Å². The SMILES string of the molecule is FC(F)(F)CN(c1cc(Cl)ccc1CBr)C1CC1. The zero-order chi connectivity index (χ0) is 13.3. The van der Waals surface area contributed by atoms with E-state index in [9.17, 15) is 13.2 Å². The quantitative estimate of drug-likeness (QED) is 0.713. The van der Waals surface area contributed by atoms with Crippen LogP contribution in [0.5, 0.6) is 0 Å². The van der Waals surface area contributed by atoms with Crippen molar-refractivity contribution in [2.24, 2.45) is 0 Å². The van der Waals surface area contributed by atoms with Gasteiger partial charge in [-0.15, -0.1) is 0 Å². The van der Waals surface area contributed by atoms with E-state index in [1.54, 1.807) is 18.2 Å². The van der Waals surface area contributed by atoms with Gasteiger partial charge in [-0.1, -0.05) is 33.6 Å². The van der Waals surface area contributed by atoms with Crippen molar-refractivity contribution in [3.8, 4) is 0 Å². The number of halogens is 5. The van der Waals surface area contributed by atoms with E-state index >= 15 is 0 Å². The zero-order valence-corrected chi connectivity index (χ0v) is 11.8. The fraction of sp³-hybridized carbons (Fsp3) is 0.500. The number of anilines is 1. The summed E-state index contributed by atoms with van der Waals surface area (Å²) in [6.07, 6.45) is -2.58. The zero-order valence-electron chi connectivity index (χ0n) is 9.47. The highest BCUT2D eigenvalue weighted by Crippen LogP contribution is 2.37. The van der Waals surface area contributed by atoms with Crippen molar-refractivity contribution in [3.63, 3.8) is 0 Å². The minimum atomic E-state index is -4.20. The highest BCUT2D eigenvalue weighted by Gasteiger charge is 2.38. The minimum Gasteiger partial charge on any atom is -0.359 e. The molecule has 2 rings (SSSR count). The number of nitrogens with zero attached hydrogens (tertiary/aromatic N) is 1. The first-order valence-electron chi connectivity index (χ1n) is 5.58. The Balaban J connectivity index is 2.32. The van der Waals surface area contributed by atoms with Gasteiger partial charge in [-0.3, -0.25) is 0 Å². The van der Waals surface area contributed by atoms with Crippen LogP contribution in [0.4, 0.5) is 18.9 Å². The summed E-state index contributed by atoms with van der Waals surface area (Å²) in [6, 6.07) is 5.06. The molecule has 1 aliphatic carbocycles. The lowest BCUT2D eigenvalue weighted by Gasteiger charge is -2.28. The Morgan fingerprint density at radius 1 is 1.33 bits per heavy atom. The van der Waals surface area contributed by atoms with Gasteiger partial charge in [-0.05, 0) is 30.5 Å². The molecule has 0 saturated heterocycles. The van der Waals surface area contributed by atoms with Crippen LogP contribution >= 0.6 is 27.5 Å². The van der Waals surface area contributed by atoms with Gasteiger partial charge in [0.15, 0.2) is 0 Å². The Hall–Kier alpha value is -0.420. The molecular weight excluding hydrogens is 330 g/mol. The number of rotatable bonds is 4. The van der Waals surface area contributed by atoms with Crippen LogP contribution in [0.15, 0.2) is 18.2 Å². The van der Waals surface area contributed by atoms with E-state index in [2.05, 4.69) is 15.9 Å². The van der Waals surface area contributed by atoms with E-state index in [0.717, 1.165) is 18.4 Å². The summed E-state index contributed by atoms with van der Waals surface area (Å²) in [7, 11) is 0. The molecule has 0 spiro atoms. The highest BCUT2D eigenvalue weighted by molar-refractivity contribution is 9.08. The summed E-state index contributed by atoms with van der Waals surface area (Å²) in [6.45, 7) is -0.919. The largest absolute Gasteiger partial charge is 0.405 e. The first kappa shape index (κ1) is 14.0. The summed E-state index contributed by atoms with van der Waals surface area (Å²) in [5.74, 6) is 0. The van der Waals surface area contributed by atoms with E-state index in [0.29, 0.717) is 16.0 Å². The van der Waals surface area contributed by atoms with Crippen molar-refractivity contribution >= 4 is 33.2 Å². The molecule has 100 valence electrons. The van der Waals surface area contributed by atoms with E-state index in [-0.39, 0.29) is 6.04 Å². The molecule has 0 amide bonds. The van der Waals surface area contributed by atoms with E-state index in [4.69, 9.17) is 11.6 Å². The molecule has 1 fully saturated rings. The van der Waals surface area contributed by atoms with Crippen LogP contribution in [0.25, 0.3) is 0 Å². The van der Waals surface area contributed by atoms with Crippen molar-refractivity contribution in [2.45, 2.75) is 30.4 Å². The van der Waals surface area contributed by atoms with Crippen LogP contribution < -0.4 is 4.90 Å². The van der Waals surface area contributed by atoms with Gasteiger partial charge in [0.2, 0.25) is 0 Å². The van der Waals surface area contributed by atoms with E-state index in [1.807, 2.05) is 0 Å². The van der Waals surface area contributed by atoms with Gasteiger partial charge in [0.1, 0.15) is 6.54 Å². The molecule has 0 heterocycles. The number of hydrogen-bond acceptors (Lipinski definition) is 1. The van der Waals surface area contributed by atoms with Crippen molar-refractivity contribution in [2.75, 3.05) is 11.4 Å². The van der Waals surface area contributed by atoms with Crippen LogP contribution in [0.1, 0.15) is 18.4 Å². The van der Waals surface area contributed by atoms with Gasteiger partial charge >= 0.3 is 6.18 Å². The Morgan fingerprint density at radius 2 is 2.00 bits per heavy atom. The van der Waals surface area contributed by atoms with Crippen molar-refractivity contribution in [1.29, 1.82) is 0 Å². The average Bonchev–Trinajstić information content (AvgIpc) is 3.08. The predicted octanol–water partition coefficient (Wildman–Crippen LogP) is 4.77. The standard InChI is InChI=1S/C12H12BrClF3N/c13-6-8-1-2-9(14)5-11(8)18(10-3-4-10)7-12(15,16)17/h1-2,5,10H,3-4,6-7H2. The average molecular weight is 343 g/mol. The Kier molecular flexibility index (Phi) is 4.11. The van der Waals surface area contributed by atoms with Crippen molar-refractivity contribution < 1.29 is 13.2 Å². The van der Waals surface area contributed by atoms with Crippen LogP contribution in [0.2, 0.25) is 5.02 Å². The normalized spacial score (nSPS) is 15.8. The molecule has 1 aliphatic rings. The summed E-state index contributed by atoms with van der Waals surface area (Å²) in [4.78, 5) is 1.42. The predicted molar refractivity (Wildman–Crippen MR) is 70.5 cm³/mol. The topological polar surface area (TPSA) is 3.24 Å². The molecule has 6 heteroatoms. The Morgan fingerprint density at radius 3 is 2.50 bits per heavy atom. The molecule has 0 N–H and O–H groups in total. The second-order valence-electron chi connectivity index (χ2n) is 4.38. The summed E-state index contributed by atoms with van der Waals surface area (Å²) in [5.41, 5.74) is 1.41. The molecule has 0 bridgehead atoms. The van der Waals surface area contributed by atoms with Gasteiger partial charge < -0.3 is 4.90 Å². The van der Waals surface area contributed by atoms with Gasteiger partial charge in [-0.2, -0.15) is 13.2 Å². The second kappa shape index (κ2) is 5.29. The van der Waals surface area contributed by atoms with E-state index in [1.165, 1.54) is 4.90 Å². The lowest BCUT2D eigenvalue weighted by molar-refractivity contribution is -0.120. The molecule has 1 aromatic carbocycles. The molecule has 0 unspecified atom stereocenters. The fourth-order valence-electron chi connectivity index (χ4n) is 1.91. The maximum Gasteiger partial charge on any atom is 0.405 e. The third kappa shape index (κ3) is 3.54. The first-order valence-corrected chi connectivity index (χ1v) is 7.08. The molecule has 1 saturated carbocycles. The maximum absolute atomic E-state index is 12.6. The number of alkyl halides is 4. The minimum absolute atomic E-state index is 0.0112. The van der Waals surface area contributed by atoms with Crippen LogP contribution in [-0.2, 0) is 5.33 Å². The Labute approximate surface area is 117 Å². The summed E-state index contributed by atoms with van der Waals surface area (Å²) >= 11 is 9.19. The molecule has 1 aromatic rings. The van der Waals surface area contributed by atoms with Crippen LogP contribution in [0.3, 0.4) is 0 Å². The lowest BCUT2D eigenvalue weighted by Crippen LogP contribution is -2.36. The number of benzene rings is 1. The molecule has 0 aliphatic heterocycles. The third-order valence-corrected chi connectivity index (χ3v) is 3.68. The molecular formula is C12H12BrClF3N. The lowest BCUT2D eigenvalue weighted by atomic mass is 10.1. The maximum atomic E-state index is 12.6. The van der Waals surface area contributed by atoms with Gasteiger partial charge in [0, 0.05) is 22.1 Å². The summed E-state index contributed by atoms with van der Waals surface area (Å²) in [5, 5.41) is 0.975. The second-order valence-corrected chi connectivity index (χ2v) is 5.38. The van der Waals surface area contributed by atoms with Gasteiger partial charge in [0.25, 0.3) is 0 Å². The monoisotopic (exact) mass is 341 g/mol. The molecule has 0 radical (unpaired) electrons. The molecule has 0 aromatic heterocycles. The third-order valence-electron chi connectivity index (χ3n) is 2.84. The molecule has 1 nitrogen and oxygen atoms in total. The fourth-order valence-corrected chi connectivity index (χ4v) is 2.55. The van der Waals surface area contributed by atoms with Gasteiger partial charge in [0.05, 0.1) is 0 Å². The highest BCUT2D eigenvalue weighted by atomic mass is 79.9. The van der Waals surface area contributed by atoms with Crippen LogP contribution in [0, 0.1) is 0 Å². The summed E-state index contributed by atoms with van der Waals surface area (Å²) < 4.78 is 37.9. The van der Waals surface area contributed by atoms with E-state index < -0.39 is 12.7 Å². The van der Waals surface area contributed by atoms with Crippen LogP contribution in [-0.4, -0.2) is 18.8 Å². The molecule has 18 heavy (non-hydrogen) atoms. The molecule has 0 atom stereocenters. The Bertz CT molecular complexity index is 432.